The number of anilines is 2. The van der Waals surface area contributed by atoms with E-state index in [1.54, 1.807) is 68.4 Å². The molecule has 0 bridgehead atoms. The molecule has 2 aromatic rings. The lowest BCUT2D eigenvalue weighted by Crippen LogP contribution is -2.47. The zero-order valence-corrected chi connectivity index (χ0v) is 16.8. The number of carbonyl (C=O) groups excluding carboxylic acids is 4. The van der Waals surface area contributed by atoms with E-state index in [2.05, 4.69) is 10.6 Å². The van der Waals surface area contributed by atoms with Gasteiger partial charge in [-0.1, -0.05) is 44.2 Å². The smallest absolute Gasteiger partial charge is 0.329 e. The number of carbonyl (C=O) groups is 4. The van der Waals surface area contributed by atoms with Crippen molar-refractivity contribution in [3.8, 4) is 0 Å². The van der Waals surface area contributed by atoms with Crippen LogP contribution in [0, 0.1) is 5.92 Å². The van der Waals surface area contributed by atoms with Crippen molar-refractivity contribution >= 4 is 35.1 Å². The molecule has 0 radical (unpaired) electrons. The maximum absolute atomic E-state index is 12.6. The summed E-state index contributed by atoms with van der Waals surface area (Å²) in [6, 6.07) is 14.5. The number of para-hydroxylation sites is 2. The van der Waals surface area contributed by atoms with Gasteiger partial charge in [0.25, 0.3) is 11.8 Å². The SMILES string of the molecule is CC(C)[C@@H](NC(=O)c1ccccc1)C(=O)OCC(=O)N1CC(=O)Nc2ccccc21. The Labute approximate surface area is 174 Å². The Balaban J connectivity index is 1.64. The Morgan fingerprint density at radius 2 is 1.73 bits per heavy atom. The van der Waals surface area contributed by atoms with E-state index in [9.17, 15) is 19.2 Å². The van der Waals surface area contributed by atoms with Gasteiger partial charge in [-0.05, 0) is 30.2 Å². The van der Waals surface area contributed by atoms with E-state index in [1.807, 2.05) is 0 Å². The van der Waals surface area contributed by atoms with Gasteiger partial charge in [-0.15, -0.1) is 0 Å². The van der Waals surface area contributed by atoms with E-state index in [-0.39, 0.29) is 18.4 Å². The number of hydrogen-bond acceptors (Lipinski definition) is 5. The highest BCUT2D eigenvalue weighted by Crippen LogP contribution is 2.28. The van der Waals surface area contributed by atoms with Crippen molar-refractivity contribution in [2.75, 3.05) is 23.4 Å². The van der Waals surface area contributed by atoms with Crippen LogP contribution in [0.2, 0.25) is 0 Å². The number of hydrogen-bond donors (Lipinski definition) is 2. The second-order valence-corrected chi connectivity index (χ2v) is 7.21. The molecule has 0 aromatic heterocycles. The molecular formula is C22H23N3O5. The first-order valence-corrected chi connectivity index (χ1v) is 9.58. The highest BCUT2D eigenvalue weighted by atomic mass is 16.5. The lowest BCUT2D eigenvalue weighted by Gasteiger charge is -2.29. The molecule has 30 heavy (non-hydrogen) atoms. The number of rotatable bonds is 6. The molecule has 2 aromatic carbocycles. The van der Waals surface area contributed by atoms with Crippen LogP contribution in [0.25, 0.3) is 0 Å². The maximum Gasteiger partial charge on any atom is 0.329 e. The van der Waals surface area contributed by atoms with Gasteiger partial charge in [0.2, 0.25) is 5.91 Å². The summed E-state index contributed by atoms with van der Waals surface area (Å²) in [5.74, 6) is -2.22. The summed E-state index contributed by atoms with van der Waals surface area (Å²) in [6.45, 7) is 2.84. The molecule has 0 spiro atoms. The van der Waals surface area contributed by atoms with Crippen LogP contribution in [0.4, 0.5) is 11.4 Å². The van der Waals surface area contributed by atoms with Gasteiger partial charge in [0.15, 0.2) is 6.61 Å². The summed E-state index contributed by atoms with van der Waals surface area (Å²) in [5, 5.41) is 5.35. The molecule has 1 atom stereocenters. The van der Waals surface area contributed by atoms with Gasteiger partial charge in [0, 0.05) is 5.56 Å². The minimum Gasteiger partial charge on any atom is -0.454 e. The number of amides is 3. The van der Waals surface area contributed by atoms with Gasteiger partial charge in [-0.25, -0.2) is 4.79 Å². The third-order valence-corrected chi connectivity index (χ3v) is 4.65. The quantitative estimate of drug-likeness (QED) is 0.710. The zero-order valence-electron chi connectivity index (χ0n) is 16.8. The predicted molar refractivity (Wildman–Crippen MR) is 111 cm³/mol. The molecule has 1 aliphatic heterocycles. The van der Waals surface area contributed by atoms with Gasteiger partial charge in [0.1, 0.15) is 12.6 Å². The van der Waals surface area contributed by atoms with Gasteiger partial charge in [-0.2, -0.15) is 0 Å². The Kier molecular flexibility index (Phi) is 6.46. The molecule has 1 aliphatic rings. The van der Waals surface area contributed by atoms with Crippen molar-refractivity contribution in [3.63, 3.8) is 0 Å². The molecule has 0 saturated carbocycles. The summed E-state index contributed by atoms with van der Waals surface area (Å²) in [6.07, 6.45) is 0. The van der Waals surface area contributed by atoms with E-state index in [1.165, 1.54) is 4.90 Å². The fraction of sp³-hybridized carbons (Fsp3) is 0.273. The monoisotopic (exact) mass is 409 g/mol. The van der Waals surface area contributed by atoms with Crippen LogP contribution in [0.5, 0.6) is 0 Å². The first kappa shape index (κ1) is 21.0. The van der Waals surface area contributed by atoms with Crippen LogP contribution in [0.1, 0.15) is 24.2 Å². The summed E-state index contributed by atoms with van der Waals surface area (Å²) in [7, 11) is 0. The van der Waals surface area contributed by atoms with Crippen LogP contribution >= 0.6 is 0 Å². The normalized spacial score (nSPS) is 13.8. The number of esters is 1. The molecule has 0 aliphatic carbocycles. The van der Waals surface area contributed by atoms with Crippen LogP contribution in [-0.4, -0.2) is 42.9 Å². The van der Waals surface area contributed by atoms with Gasteiger partial charge >= 0.3 is 5.97 Å². The van der Waals surface area contributed by atoms with Crippen LogP contribution in [0.15, 0.2) is 54.6 Å². The second kappa shape index (κ2) is 9.21. The molecule has 0 unspecified atom stereocenters. The Morgan fingerprint density at radius 3 is 2.43 bits per heavy atom. The van der Waals surface area contributed by atoms with E-state index >= 15 is 0 Å². The fourth-order valence-corrected chi connectivity index (χ4v) is 3.07. The van der Waals surface area contributed by atoms with Crippen molar-refractivity contribution in [1.29, 1.82) is 0 Å². The molecule has 3 rings (SSSR count). The molecule has 8 nitrogen and oxygen atoms in total. The molecule has 0 fully saturated rings. The number of nitrogens with zero attached hydrogens (tertiary/aromatic N) is 1. The lowest BCUT2D eigenvalue weighted by molar-refractivity contribution is -0.150. The van der Waals surface area contributed by atoms with Gasteiger partial charge in [0.05, 0.1) is 11.4 Å². The summed E-state index contributed by atoms with van der Waals surface area (Å²) in [4.78, 5) is 50.7. The minimum absolute atomic E-state index is 0.161. The van der Waals surface area contributed by atoms with E-state index in [0.717, 1.165) is 0 Å². The molecular weight excluding hydrogens is 386 g/mol. The van der Waals surface area contributed by atoms with E-state index < -0.39 is 30.4 Å². The van der Waals surface area contributed by atoms with Crippen molar-refractivity contribution in [3.05, 3.63) is 60.2 Å². The highest BCUT2D eigenvalue weighted by Gasteiger charge is 2.30. The van der Waals surface area contributed by atoms with Crippen LogP contribution in [0.3, 0.4) is 0 Å². The summed E-state index contributed by atoms with van der Waals surface area (Å²) < 4.78 is 5.19. The first-order valence-electron chi connectivity index (χ1n) is 9.58. The Hall–Kier alpha value is -3.68. The van der Waals surface area contributed by atoms with Gasteiger partial charge < -0.3 is 15.4 Å². The van der Waals surface area contributed by atoms with Crippen LogP contribution < -0.4 is 15.5 Å². The Morgan fingerprint density at radius 1 is 1.07 bits per heavy atom. The molecule has 1 heterocycles. The van der Waals surface area contributed by atoms with Crippen molar-refractivity contribution in [1.82, 2.24) is 5.32 Å². The fourth-order valence-electron chi connectivity index (χ4n) is 3.07. The van der Waals surface area contributed by atoms with Crippen molar-refractivity contribution < 1.29 is 23.9 Å². The van der Waals surface area contributed by atoms with Gasteiger partial charge in [-0.3, -0.25) is 19.3 Å². The third-order valence-electron chi connectivity index (χ3n) is 4.65. The van der Waals surface area contributed by atoms with E-state index in [4.69, 9.17) is 4.74 Å². The van der Waals surface area contributed by atoms with Crippen molar-refractivity contribution in [2.24, 2.45) is 5.92 Å². The average Bonchev–Trinajstić information content (AvgIpc) is 2.75. The first-order chi connectivity index (χ1) is 14.4. The Bertz CT molecular complexity index is 958. The number of ether oxygens (including phenoxy) is 1. The van der Waals surface area contributed by atoms with Crippen LogP contribution in [-0.2, 0) is 19.1 Å². The number of nitrogens with one attached hydrogen (secondary N) is 2. The maximum atomic E-state index is 12.6. The third kappa shape index (κ3) is 4.83. The lowest BCUT2D eigenvalue weighted by atomic mass is 10.0. The topological polar surface area (TPSA) is 105 Å². The molecule has 8 heteroatoms. The highest BCUT2D eigenvalue weighted by molar-refractivity contribution is 6.10. The number of fused-ring (bicyclic) bond motifs is 1. The molecule has 156 valence electrons. The largest absolute Gasteiger partial charge is 0.454 e. The molecule has 2 N–H and O–H groups in total. The number of benzene rings is 2. The summed E-state index contributed by atoms with van der Waals surface area (Å²) in [5.41, 5.74) is 1.47. The van der Waals surface area contributed by atoms with Crippen molar-refractivity contribution in [2.45, 2.75) is 19.9 Å². The molecule has 3 amide bonds. The standard InChI is InChI=1S/C22H23N3O5/c1-14(2)20(24-21(28)15-8-4-3-5-9-15)22(29)30-13-19(27)25-12-18(26)23-16-10-6-7-11-17(16)25/h3-11,14,20H,12-13H2,1-2H3,(H,23,26)(H,24,28)/t20-/m1/s1. The van der Waals surface area contributed by atoms with E-state index in [0.29, 0.717) is 16.9 Å². The average molecular weight is 409 g/mol. The predicted octanol–water partition coefficient (Wildman–Crippen LogP) is 1.97. The second-order valence-electron chi connectivity index (χ2n) is 7.21. The summed E-state index contributed by atoms with van der Waals surface area (Å²) >= 11 is 0. The molecule has 0 saturated heterocycles. The zero-order chi connectivity index (χ0) is 21.7. The minimum atomic E-state index is -0.914.